The van der Waals surface area contributed by atoms with Crippen LogP contribution in [0.15, 0.2) is 27.4 Å². The number of nitrogens with two attached hydrogens (primary N) is 1. The van der Waals surface area contributed by atoms with Crippen molar-refractivity contribution in [3.63, 3.8) is 0 Å². The van der Waals surface area contributed by atoms with E-state index in [4.69, 9.17) is 9.15 Å². The third kappa shape index (κ3) is 4.81. The van der Waals surface area contributed by atoms with Gasteiger partial charge in [-0.2, -0.15) is 0 Å². The van der Waals surface area contributed by atoms with Gasteiger partial charge in [0.15, 0.2) is 6.10 Å². The second-order valence-electron chi connectivity index (χ2n) is 9.79. The molecule has 1 saturated heterocycles. The molecule has 0 bridgehead atoms. The second-order valence-corrected chi connectivity index (χ2v) is 9.79. The van der Waals surface area contributed by atoms with E-state index in [1.165, 1.54) is 0 Å². The molecular weight excluding hydrogens is 368 g/mol. The van der Waals surface area contributed by atoms with Crippen molar-refractivity contribution < 1.29 is 19.3 Å². The molecule has 1 amide bonds. The first-order valence-electron chi connectivity index (χ1n) is 10.3. The fourth-order valence-electron chi connectivity index (χ4n) is 4.70. The van der Waals surface area contributed by atoms with Crippen LogP contribution in [0.3, 0.4) is 0 Å². The summed E-state index contributed by atoms with van der Waals surface area (Å²) in [6, 6.07) is 5.46. The van der Waals surface area contributed by atoms with Gasteiger partial charge in [-0.15, -0.1) is 0 Å². The van der Waals surface area contributed by atoms with E-state index in [0.29, 0.717) is 16.9 Å². The molecule has 1 aromatic carbocycles. The van der Waals surface area contributed by atoms with Crippen molar-refractivity contribution in [1.82, 2.24) is 5.32 Å². The Morgan fingerprint density at radius 3 is 2.41 bits per heavy atom. The van der Waals surface area contributed by atoms with Gasteiger partial charge in [0.25, 0.3) is 5.91 Å². The number of quaternary nitrogens is 1. The molecular formula is C23H33N2O4+. The van der Waals surface area contributed by atoms with E-state index in [1.807, 2.05) is 13.0 Å². The van der Waals surface area contributed by atoms with Gasteiger partial charge < -0.3 is 19.8 Å². The third-order valence-electron chi connectivity index (χ3n) is 5.78. The summed E-state index contributed by atoms with van der Waals surface area (Å²) in [5.41, 5.74) is 1.78. The number of hydrogen-bond acceptors (Lipinski definition) is 4. The topological polar surface area (TPSA) is 85.2 Å². The number of carbonyl (C=O) groups is 1. The third-order valence-corrected chi connectivity index (χ3v) is 5.78. The number of benzene rings is 1. The van der Waals surface area contributed by atoms with Crippen LogP contribution in [-0.2, 0) is 4.79 Å². The fourth-order valence-corrected chi connectivity index (χ4v) is 4.70. The number of rotatable bonds is 4. The Morgan fingerprint density at radius 2 is 1.79 bits per heavy atom. The van der Waals surface area contributed by atoms with Crippen LogP contribution in [0, 0.1) is 13.8 Å². The molecule has 0 spiro atoms. The largest absolute Gasteiger partial charge is 0.481 e. The van der Waals surface area contributed by atoms with Crippen LogP contribution in [0.1, 0.15) is 58.6 Å². The number of aryl methyl sites for hydroxylation is 1. The van der Waals surface area contributed by atoms with Crippen molar-refractivity contribution in [2.45, 2.75) is 84.5 Å². The molecule has 158 valence electrons. The molecule has 1 aromatic heterocycles. The second kappa shape index (κ2) is 7.48. The standard InChI is InChI=1S/C23H32N2O4/c1-13-14(2)21(27)29-19-10-17(8-9-18(13)19)28-15(3)20(26)24-16-11-22(4,5)25-23(6,7)12-16/h8-10,15-16,25H,11-12H2,1-7H3,(H,24,26)/p+1/t15-/m0/s1. The monoisotopic (exact) mass is 401 g/mol. The SMILES string of the molecule is Cc1c(C)c2ccc(O[C@@H](C)C(=O)NC3CC(C)(C)[NH2+]C(C)(C)C3)cc2oc1=O. The maximum atomic E-state index is 12.7. The van der Waals surface area contributed by atoms with E-state index in [2.05, 4.69) is 38.3 Å². The molecule has 6 nitrogen and oxygen atoms in total. The first kappa shape index (κ1) is 21.4. The zero-order valence-corrected chi connectivity index (χ0v) is 18.5. The van der Waals surface area contributed by atoms with Crippen LogP contribution < -0.4 is 21.0 Å². The van der Waals surface area contributed by atoms with Gasteiger partial charge in [-0.1, -0.05) is 0 Å². The highest BCUT2D eigenvalue weighted by molar-refractivity contribution is 5.83. The van der Waals surface area contributed by atoms with Gasteiger partial charge in [-0.25, -0.2) is 4.79 Å². The summed E-state index contributed by atoms with van der Waals surface area (Å²) in [6.45, 7) is 14.2. The number of carbonyl (C=O) groups excluding carboxylic acids is 1. The number of fused-ring (bicyclic) bond motifs is 1. The predicted octanol–water partition coefficient (Wildman–Crippen LogP) is 2.58. The van der Waals surface area contributed by atoms with E-state index < -0.39 is 6.10 Å². The van der Waals surface area contributed by atoms with Crippen LogP contribution in [0.25, 0.3) is 11.0 Å². The molecule has 3 rings (SSSR count). The van der Waals surface area contributed by atoms with Crippen molar-refractivity contribution in [3.8, 4) is 5.75 Å². The minimum atomic E-state index is -0.650. The molecule has 6 heteroatoms. The Labute approximate surface area is 172 Å². The van der Waals surface area contributed by atoms with Crippen molar-refractivity contribution in [2.24, 2.45) is 0 Å². The van der Waals surface area contributed by atoms with Crippen LogP contribution in [0.5, 0.6) is 5.75 Å². The molecule has 0 unspecified atom stereocenters. The first-order chi connectivity index (χ1) is 13.4. The number of nitrogens with one attached hydrogen (secondary N) is 1. The van der Waals surface area contributed by atoms with Gasteiger partial charge in [0.05, 0.1) is 11.1 Å². The number of amides is 1. The zero-order chi connectivity index (χ0) is 21.6. The highest BCUT2D eigenvalue weighted by atomic mass is 16.5. The van der Waals surface area contributed by atoms with Gasteiger partial charge in [0, 0.05) is 35.9 Å². The zero-order valence-electron chi connectivity index (χ0n) is 18.5. The molecule has 2 aromatic rings. The summed E-state index contributed by atoms with van der Waals surface area (Å²) < 4.78 is 11.2. The molecule has 0 radical (unpaired) electrons. The summed E-state index contributed by atoms with van der Waals surface area (Å²) in [5.74, 6) is 0.370. The Balaban J connectivity index is 1.71. The number of piperidine rings is 1. The van der Waals surface area contributed by atoms with E-state index in [1.54, 1.807) is 26.0 Å². The van der Waals surface area contributed by atoms with Gasteiger partial charge in [0.2, 0.25) is 0 Å². The first-order valence-corrected chi connectivity index (χ1v) is 10.3. The smallest absolute Gasteiger partial charge is 0.339 e. The van der Waals surface area contributed by atoms with Crippen molar-refractivity contribution >= 4 is 16.9 Å². The molecule has 1 aliphatic heterocycles. The van der Waals surface area contributed by atoms with Crippen LogP contribution in [0.4, 0.5) is 0 Å². The van der Waals surface area contributed by atoms with Crippen molar-refractivity contribution in [3.05, 3.63) is 39.7 Å². The predicted molar refractivity (Wildman–Crippen MR) is 113 cm³/mol. The quantitative estimate of drug-likeness (QED) is 0.771. The molecule has 0 aliphatic carbocycles. The lowest BCUT2D eigenvalue weighted by Gasteiger charge is -2.43. The summed E-state index contributed by atoms with van der Waals surface area (Å²) in [7, 11) is 0. The normalized spacial score (nSPS) is 19.7. The maximum absolute atomic E-state index is 12.7. The summed E-state index contributed by atoms with van der Waals surface area (Å²) >= 11 is 0. The minimum Gasteiger partial charge on any atom is -0.481 e. The maximum Gasteiger partial charge on any atom is 0.339 e. The number of hydrogen-bond donors (Lipinski definition) is 2. The lowest BCUT2D eigenvalue weighted by Crippen LogP contribution is -3.06. The van der Waals surface area contributed by atoms with Gasteiger partial charge in [-0.05, 0) is 66.2 Å². The molecule has 0 saturated carbocycles. The van der Waals surface area contributed by atoms with E-state index in [9.17, 15) is 9.59 Å². The van der Waals surface area contributed by atoms with Gasteiger partial charge in [-0.3, -0.25) is 4.79 Å². The Kier molecular flexibility index (Phi) is 5.52. The lowest BCUT2D eigenvalue weighted by molar-refractivity contribution is -0.787. The van der Waals surface area contributed by atoms with Crippen LogP contribution in [-0.4, -0.2) is 29.1 Å². The summed E-state index contributed by atoms with van der Waals surface area (Å²) in [4.78, 5) is 24.7. The molecule has 2 heterocycles. The average molecular weight is 402 g/mol. The van der Waals surface area contributed by atoms with Crippen molar-refractivity contribution in [2.75, 3.05) is 0 Å². The van der Waals surface area contributed by atoms with E-state index in [-0.39, 0.29) is 28.7 Å². The Bertz CT molecular complexity index is 974. The molecule has 3 N–H and O–H groups in total. The van der Waals surface area contributed by atoms with Gasteiger partial charge in [0.1, 0.15) is 11.3 Å². The average Bonchev–Trinajstić information content (AvgIpc) is 2.56. The lowest BCUT2D eigenvalue weighted by atomic mass is 9.79. The molecule has 29 heavy (non-hydrogen) atoms. The van der Waals surface area contributed by atoms with Crippen LogP contribution in [0.2, 0.25) is 0 Å². The summed E-state index contributed by atoms with van der Waals surface area (Å²) in [5, 5.41) is 6.41. The van der Waals surface area contributed by atoms with E-state index >= 15 is 0 Å². The summed E-state index contributed by atoms with van der Waals surface area (Å²) in [6.07, 6.45) is 1.17. The highest BCUT2D eigenvalue weighted by Crippen LogP contribution is 2.25. The van der Waals surface area contributed by atoms with Crippen molar-refractivity contribution in [1.29, 1.82) is 0 Å². The molecule has 1 aliphatic rings. The molecule has 1 atom stereocenters. The fraction of sp³-hybridized carbons (Fsp3) is 0.565. The molecule has 1 fully saturated rings. The Morgan fingerprint density at radius 1 is 1.17 bits per heavy atom. The highest BCUT2D eigenvalue weighted by Gasteiger charge is 2.42. The van der Waals surface area contributed by atoms with E-state index in [0.717, 1.165) is 23.8 Å². The van der Waals surface area contributed by atoms with Crippen LogP contribution >= 0.6 is 0 Å². The number of ether oxygens (including phenoxy) is 1. The minimum absolute atomic E-state index is 0.0790. The Hall–Kier alpha value is -2.34. The van der Waals surface area contributed by atoms with Gasteiger partial charge >= 0.3 is 5.63 Å².